The summed E-state index contributed by atoms with van der Waals surface area (Å²) in [5.74, 6) is 1.14. The van der Waals surface area contributed by atoms with Gasteiger partial charge in [-0.3, -0.25) is 0 Å². The van der Waals surface area contributed by atoms with Crippen LogP contribution in [0.25, 0.3) is 11.1 Å². The minimum atomic E-state index is -1.20. The fourth-order valence-electron chi connectivity index (χ4n) is 5.60. The van der Waals surface area contributed by atoms with Crippen molar-refractivity contribution >= 4 is 11.9 Å². The number of hydrogen-bond donors (Lipinski definition) is 0. The van der Waals surface area contributed by atoms with Gasteiger partial charge in [0.05, 0.1) is 12.2 Å². The largest absolute Gasteiger partial charge is 0.490 e. The highest BCUT2D eigenvalue weighted by Crippen LogP contribution is 2.35. The summed E-state index contributed by atoms with van der Waals surface area (Å²) in [5.41, 5.74) is 2.73. The topological polar surface area (TPSA) is 80.3 Å². The summed E-state index contributed by atoms with van der Waals surface area (Å²) in [7, 11) is 0. The van der Waals surface area contributed by atoms with Gasteiger partial charge in [0.2, 0.25) is 0 Å². The highest BCUT2D eigenvalue weighted by atomic mass is 16.8. The number of benzene rings is 2. The maximum Gasteiger partial charge on any atom is 0.339 e. The van der Waals surface area contributed by atoms with Crippen LogP contribution in [0.5, 0.6) is 5.75 Å². The molecule has 42 heavy (non-hydrogen) atoms. The van der Waals surface area contributed by atoms with Gasteiger partial charge < -0.3 is 23.7 Å². The van der Waals surface area contributed by atoms with Crippen molar-refractivity contribution < 1.29 is 33.3 Å². The van der Waals surface area contributed by atoms with Crippen molar-refractivity contribution in [2.24, 2.45) is 11.8 Å². The van der Waals surface area contributed by atoms with E-state index in [4.69, 9.17) is 23.7 Å². The van der Waals surface area contributed by atoms with E-state index in [1.54, 1.807) is 27.7 Å². The first kappa shape index (κ1) is 31.8. The average Bonchev–Trinajstić information content (AvgIpc) is 3.42. The molecular weight excluding hydrogens is 532 g/mol. The molecule has 2 aromatic rings. The van der Waals surface area contributed by atoms with E-state index in [0.717, 1.165) is 22.8 Å². The van der Waals surface area contributed by atoms with Crippen molar-refractivity contribution in [1.29, 1.82) is 0 Å². The van der Waals surface area contributed by atoms with Gasteiger partial charge in [-0.25, -0.2) is 9.59 Å². The Balaban J connectivity index is 1.31. The molecule has 7 heteroatoms. The van der Waals surface area contributed by atoms with E-state index in [0.29, 0.717) is 18.1 Å². The molecule has 7 nitrogen and oxygen atoms in total. The van der Waals surface area contributed by atoms with Crippen LogP contribution in [-0.2, 0) is 28.5 Å². The zero-order valence-electron chi connectivity index (χ0n) is 25.6. The standard InChI is InChI=1S/C35H46O7/c1-6-8-25-10-12-26(13-11-25)9-7-22-38-30-20-18-28(19-21-30)27-14-16-29(17-15-27)35-41-31(33(36)39-23(2)3)32(42-35)34(37)40-24(4)5/h7,9,14-21,23-26,31-32,35H,6,8,10-13,22H2,1-5H3/b9-7+/t25?,26?,31-,32-/m1/s1. The van der Waals surface area contributed by atoms with E-state index in [9.17, 15) is 9.59 Å². The van der Waals surface area contributed by atoms with Crippen molar-refractivity contribution in [2.45, 2.75) is 104 Å². The third-order valence-electron chi connectivity index (χ3n) is 7.70. The van der Waals surface area contributed by atoms with Gasteiger partial charge >= 0.3 is 11.9 Å². The van der Waals surface area contributed by atoms with E-state index >= 15 is 0 Å². The molecule has 0 N–H and O–H groups in total. The molecule has 2 fully saturated rings. The van der Waals surface area contributed by atoms with Crippen molar-refractivity contribution in [1.82, 2.24) is 0 Å². The maximum absolute atomic E-state index is 12.6. The van der Waals surface area contributed by atoms with Crippen molar-refractivity contribution in [2.75, 3.05) is 6.61 Å². The lowest BCUT2D eigenvalue weighted by molar-refractivity contribution is -0.167. The molecule has 2 atom stereocenters. The first-order valence-electron chi connectivity index (χ1n) is 15.4. The molecule has 2 aromatic carbocycles. The molecule has 1 aliphatic carbocycles. The molecule has 228 valence electrons. The minimum absolute atomic E-state index is 0.352. The van der Waals surface area contributed by atoms with E-state index in [2.05, 4.69) is 19.1 Å². The number of esters is 2. The number of carbonyl (C=O) groups excluding carboxylic acids is 2. The Morgan fingerprint density at radius 1 is 0.810 bits per heavy atom. The van der Waals surface area contributed by atoms with Gasteiger partial charge in [-0.1, -0.05) is 68.3 Å². The molecule has 0 spiro atoms. The highest BCUT2D eigenvalue weighted by Gasteiger charge is 2.48. The second-order valence-corrected chi connectivity index (χ2v) is 11.9. The minimum Gasteiger partial charge on any atom is -0.490 e. The van der Waals surface area contributed by atoms with Crippen molar-refractivity contribution in [3.63, 3.8) is 0 Å². The quantitative estimate of drug-likeness (QED) is 0.190. The Labute approximate surface area is 250 Å². The van der Waals surface area contributed by atoms with Crippen LogP contribution in [0, 0.1) is 11.8 Å². The van der Waals surface area contributed by atoms with Gasteiger partial charge in [0.1, 0.15) is 12.4 Å². The molecule has 1 aliphatic heterocycles. The molecule has 0 amide bonds. The molecule has 4 rings (SSSR count). The van der Waals surface area contributed by atoms with E-state index in [-0.39, 0.29) is 12.2 Å². The van der Waals surface area contributed by atoms with Crippen LogP contribution in [0.4, 0.5) is 0 Å². The smallest absolute Gasteiger partial charge is 0.339 e. The second-order valence-electron chi connectivity index (χ2n) is 11.9. The Morgan fingerprint density at radius 2 is 1.33 bits per heavy atom. The third kappa shape index (κ3) is 8.92. The predicted octanol–water partition coefficient (Wildman–Crippen LogP) is 7.58. The van der Waals surface area contributed by atoms with Gasteiger partial charge in [-0.05, 0) is 88.5 Å². The number of hydrogen-bond acceptors (Lipinski definition) is 7. The molecule has 1 saturated heterocycles. The van der Waals surface area contributed by atoms with Gasteiger partial charge in [0.25, 0.3) is 0 Å². The fourth-order valence-corrected chi connectivity index (χ4v) is 5.60. The van der Waals surface area contributed by atoms with Crippen LogP contribution in [0.15, 0.2) is 60.7 Å². The van der Waals surface area contributed by atoms with Crippen LogP contribution in [0.2, 0.25) is 0 Å². The molecule has 1 heterocycles. The highest BCUT2D eigenvalue weighted by molar-refractivity contribution is 5.86. The average molecular weight is 579 g/mol. The fraction of sp³-hybridized carbons (Fsp3) is 0.543. The molecule has 0 unspecified atom stereocenters. The van der Waals surface area contributed by atoms with Gasteiger partial charge in [0, 0.05) is 5.56 Å². The first-order chi connectivity index (χ1) is 20.2. The SMILES string of the molecule is CCCC1CCC(/C=C/COc2ccc(-c3ccc(C4O[C@@H](C(=O)OC(C)C)[C@H](C(=O)OC(C)C)O4)cc3)cc2)CC1. The number of ether oxygens (including phenoxy) is 5. The van der Waals surface area contributed by atoms with Crippen LogP contribution in [-0.4, -0.2) is 43.0 Å². The molecule has 0 radical (unpaired) electrons. The summed E-state index contributed by atoms with van der Waals surface area (Å²) in [6.07, 6.45) is 8.45. The molecule has 0 aromatic heterocycles. The number of allylic oxidation sites excluding steroid dienone is 1. The van der Waals surface area contributed by atoms with Gasteiger partial charge in [-0.15, -0.1) is 0 Å². The Bertz CT molecular complexity index is 1130. The summed E-state index contributed by atoms with van der Waals surface area (Å²) in [4.78, 5) is 25.3. The van der Waals surface area contributed by atoms with E-state index in [1.807, 2.05) is 48.5 Å². The summed E-state index contributed by atoms with van der Waals surface area (Å²) < 4.78 is 28.3. The lowest BCUT2D eigenvalue weighted by Crippen LogP contribution is -2.40. The van der Waals surface area contributed by atoms with Crippen LogP contribution < -0.4 is 4.74 Å². The number of rotatable bonds is 12. The van der Waals surface area contributed by atoms with Crippen molar-refractivity contribution in [3.05, 3.63) is 66.2 Å². The molecule has 0 bridgehead atoms. The normalized spacial score (nSPS) is 23.0. The Morgan fingerprint density at radius 3 is 1.83 bits per heavy atom. The molecule has 1 saturated carbocycles. The van der Waals surface area contributed by atoms with Crippen LogP contribution >= 0.6 is 0 Å². The second kappa shape index (κ2) is 15.4. The summed E-state index contributed by atoms with van der Waals surface area (Å²) >= 11 is 0. The third-order valence-corrected chi connectivity index (χ3v) is 7.70. The van der Waals surface area contributed by atoms with E-state index < -0.39 is 30.4 Å². The van der Waals surface area contributed by atoms with Gasteiger partial charge in [-0.2, -0.15) is 0 Å². The summed E-state index contributed by atoms with van der Waals surface area (Å²) in [5, 5.41) is 0. The van der Waals surface area contributed by atoms with Crippen molar-refractivity contribution in [3.8, 4) is 16.9 Å². The van der Waals surface area contributed by atoms with Crippen LogP contribution in [0.1, 0.15) is 85.0 Å². The Kier molecular flexibility index (Phi) is 11.6. The maximum atomic E-state index is 12.6. The molecular formula is C35H46O7. The van der Waals surface area contributed by atoms with E-state index in [1.165, 1.54) is 38.5 Å². The molecule has 2 aliphatic rings. The van der Waals surface area contributed by atoms with Gasteiger partial charge in [0.15, 0.2) is 18.5 Å². The number of carbonyl (C=O) groups is 2. The summed E-state index contributed by atoms with van der Waals surface area (Å²) in [6.45, 7) is 9.80. The summed E-state index contributed by atoms with van der Waals surface area (Å²) in [6, 6.07) is 15.7. The predicted molar refractivity (Wildman–Crippen MR) is 162 cm³/mol. The monoisotopic (exact) mass is 578 g/mol. The first-order valence-corrected chi connectivity index (χ1v) is 15.4. The van der Waals surface area contributed by atoms with Crippen LogP contribution in [0.3, 0.4) is 0 Å². The lowest BCUT2D eigenvalue weighted by atomic mass is 9.80. The lowest BCUT2D eigenvalue weighted by Gasteiger charge is -2.26. The zero-order valence-corrected chi connectivity index (χ0v) is 25.6. The zero-order chi connectivity index (χ0) is 30.1. The Hall–Kier alpha value is -3.16.